The molecular formula is C33H35Cl2NO7S. The molecule has 1 aliphatic heterocycles. The van der Waals surface area contributed by atoms with Crippen LogP contribution in [-0.4, -0.2) is 42.5 Å². The number of carbonyl (C=O) groups is 3. The molecule has 0 spiro atoms. The number of benzene rings is 2. The number of rotatable bonds is 7. The molecule has 234 valence electrons. The van der Waals surface area contributed by atoms with Crippen LogP contribution in [0.4, 0.5) is 0 Å². The molecule has 0 saturated carbocycles. The topological polar surface area (TPSA) is 118 Å². The summed E-state index contributed by atoms with van der Waals surface area (Å²) in [6, 6.07) is 9.14. The first kappa shape index (κ1) is 32.3. The van der Waals surface area contributed by atoms with E-state index in [9.17, 15) is 27.9 Å². The second-order valence-electron chi connectivity index (χ2n) is 13.5. The Morgan fingerprint density at radius 3 is 1.84 bits per heavy atom. The molecule has 3 aliphatic rings. The van der Waals surface area contributed by atoms with Crippen molar-refractivity contribution in [2.75, 3.05) is 6.54 Å². The molecule has 0 fully saturated rings. The molecule has 0 saturated heterocycles. The van der Waals surface area contributed by atoms with Crippen LogP contribution in [0.5, 0.6) is 5.75 Å². The van der Waals surface area contributed by atoms with Crippen LogP contribution in [0.15, 0.2) is 63.8 Å². The molecule has 2 aliphatic carbocycles. The fraction of sp³-hybridized carbons (Fsp3) is 0.424. The van der Waals surface area contributed by atoms with Crippen LogP contribution in [0.3, 0.4) is 0 Å². The Labute approximate surface area is 267 Å². The number of hydrogen-bond donors (Lipinski definition) is 1. The molecule has 0 amide bonds. The predicted octanol–water partition coefficient (Wildman–Crippen LogP) is 7.23. The highest BCUT2D eigenvalue weighted by Crippen LogP contribution is 2.55. The number of allylic oxidation sites excluding steroid dienone is 4. The quantitative estimate of drug-likeness (QED) is 0.309. The fourth-order valence-electron chi connectivity index (χ4n) is 6.55. The highest BCUT2D eigenvalue weighted by molar-refractivity contribution is 7.87. The van der Waals surface area contributed by atoms with E-state index in [2.05, 4.69) is 0 Å². The zero-order chi connectivity index (χ0) is 32.4. The van der Waals surface area contributed by atoms with Crippen molar-refractivity contribution in [1.82, 2.24) is 4.90 Å². The number of carbonyl (C=O) groups excluding carboxylic acids is 2. The van der Waals surface area contributed by atoms with Gasteiger partial charge in [-0.3, -0.25) is 14.4 Å². The number of nitrogens with zero attached hydrogens (tertiary/aromatic N) is 1. The lowest BCUT2D eigenvalue weighted by molar-refractivity contribution is -0.137. The second kappa shape index (κ2) is 11.3. The summed E-state index contributed by atoms with van der Waals surface area (Å²) < 4.78 is 31.5. The molecule has 2 aromatic rings. The van der Waals surface area contributed by atoms with E-state index in [-0.39, 0.29) is 68.9 Å². The van der Waals surface area contributed by atoms with Gasteiger partial charge in [0.1, 0.15) is 4.90 Å². The average Bonchev–Trinajstić information content (AvgIpc) is 2.88. The monoisotopic (exact) mass is 659 g/mol. The van der Waals surface area contributed by atoms with Crippen LogP contribution >= 0.6 is 23.2 Å². The van der Waals surface area contributed by atoms with Crippen LogP contribution in [-0.2, 0) is 24.5 Å². The summed E-state index contributed by atoms with van der Waals surface area (Å²) in [5, 5.41) is 9.37. The molecule has 0 unspecified atom stereocenters. The van der Waals surface area contributed by atoms with Crippen molar-refractivity contribution in [1.29, 1.82) is 0 Å². The van der Waals surface area contributed by atoms with Gasteiger partial charge in [0, 0.05) is 47.8 Å². The predicted molar refractivity (Wildman–Crippen MR) is 167 cm³/mol. The van der Waals surface area contributed by atoms with Gasteiger partial charge in [-0.25, -0.2) is 0 Å². The summed E-state index contributed by atoms with van der Waals surface area (Å²) in [4.78, 5) is 41.3. The highest BCUT2D eigenvalue weighted by atomic mass is 35.5. The summed E-state index contributed by atoms with van der Waals surface area (Å²) in [5.41, 5.74) is 2.83. The van der Waals surface area contributed by atoms with Crippen molar-refractivity contribution < 1.29 is 32.1 Å². The molecule has 1 N–H and O–H groups in total. The molecule has 0 aromatic heterocycles. The van der Waals surface area contributed by atoms with E-state index in [1.54, 1.807) is 12.1 Å². The zero-order valence-corrected chi connectivity index (χ0v) is 27.6. The van der Waals surface area contributed by atoms with Gasteiger partial charge in [-0.2, -0.15) is 8.42 Å². The van der Waals surface area contributed by atoms with E-state index in [1.807, 2.05) is 39.5 Å². The Balaban J connectivity index is 1.67. The SMILES string of the molecule is Cc1ccc(S(=O)(=O)Oc2c(Cl)cc(C3C4=C(CC(C)(C)CC4=O)N(CCC(=O)O)C4=C3C(=O)CC(C)(C)C4)cc2Cl)cc1. The van der Waals surface area contributed by atoms with Crippen LogP contribution in [0.1, 0.15) is 76.8 Å². The van der Waals surface area contributed by atoms with Crippen LogP contribution < -0.4 is 4.18 Å². The third kappa shape index (κ3) is 6.19. The van der Waals surface area contributed by atoms with Crippen molar-refractivity contribution in [3.8, 4) is 5.75 Å². The van der Waals surface area contributed by atoms with Crippen LogP contribution in [0.2, 0.25) is 10.0 Å². The maximum Gasteiger partial charge on any atom is 0.339 e. The van der Waals surface area contributed by atoms with Gasteiger partial charge in [0.05, 0.1) is 16.5 Å². The normalized spacial score (nSPS) is 20.0. The Morgan fingerprint density at radius 1 is 0.909 bits per heavy atom. The Kier molecular flexibility index (Phi) is 8.31. The largest absolute Gasteiger partial charge is 0.481 e. The molecule has 1 heterocycles. The molecule has 2 aromatic carbocycles. The third-order valence-electron chi connectivity index (χ3n) is 8.43. The smallest absolute Gasteiger partial charge is 0.339 e. The van der Waals surface area contributed by atoms with Gasteiger partial charge in [0.2, 0.25) is 0 Å². The molecule has 44 heavy (non-hydrogen) atoms. The van der Waals surface area contributed by atoms with Crippen molar-refractivity contribution >= 4 is 50.9 Å². The number of carboxylic acid groups (broad SMARTS) is 1. The molecule has 0 atom stereocenters. The third-order valence-corrected chi connectivity index (χ3v) is 10.2. The molecule has 11 heteroatoms. The molecule has 8 nitrogen and oxygen atoms in total. The van der Waals surface area contributed by atoms with Gasteiger partial charge in [-0.1, -0.05) is 68.6 Å². The van der Waals surface area contributed by atoms with Crippen LogP contribution in [0, 0.1) is 17.8 Å². The maximum absolute atomic E-state index is 13.9. The van der Waals surface area contributed by atoms with Gasteiger partial charge in [-0.05, 0) is 60.4 Å². The van der Waals surface area contributed by atoms with Gasteiger partial charge >= 0.3 is 16.1 Å². The standard InChI is InChI=1S/C33H35Cl2NO7S/c1-18-6-8-20(9-7-18)44(41,42)43-31-21(34)12-19(13-22(31)35)28-29-23(14-32(2,3)16-25(29)37)36(11-10-27(39)40)24-15-33(4,5)17-26(38)30(24)28/h6-9,12-13,28H,10-11,14-17H2,1-5H3,(H,39,40). The lowest BCUT2D eigenvalue weighted by Crippen LogP contribution is -2.45. The van der Waals surface area contributed by atoms with Gasteiger partial charge in [0.15, 0.2) is 17.3 Å². The Hall–Kier alpha value is -3.14. The summed E-state index contributed by atoms with van der Waals surface area (Å²) in [5.74, 6) is -2.31. The van der Waals surface area contributed by atoms with E-state index in [4.69, 9.17) is 27.4 Å². The van der Waals surface area contributed by atoms with Crippen molar-refractivity contribution in [3.05, 3.63) is 80.1 Å². The molecule has 0 bridgehead atoms. The lowest BCUT2D eigenvalue weighted by atomic mass is 9.63. The van der Waals surface area contributed by atoms with E-state index >= 15 is 0 Å². The number of ketones is 2. The Bertz CT molecular complexity index is 1680. The van der Waals surface area contributed by atoms with Crippen LogP contribution in [0.25, 0.3) is 0 Å². The van der Waals surface area contributed by atoms with E-state index in [0.29, 0.717) is 40.9 Å². The molecular weight excluding hydrogens is 625 g/mol. The lowest BCUT2D eigenvalue weighted by Gasteiger charge is -2.49. The second-order valence-corrected chi connectivity index (χ2v) is 15.9. The summed E-state index contributed by atoms with van der Waals surface area (Å²) in [6.07, 6.45) is 1.34. The average molecular weight is 661 g/mol. The number of hydrogen-bond acceptors (Lipinski definition) is 7. The number of halogens is 2. The van der Waals surface area contributed by atoms with Gasteiger partial charge < -0.3 is 14.2 Å². The number of aliphatic carboxylic acids is 1. The number of aryl methyl sites for hydroxylation is 1. The number of carboxylic acids is 1. The summed E-state index contributed by atoms with van der Waals surface area (Å²) in [6.45, 7) is 9.93. The fourth-order valence-corrected chi connectivity index (χ4v) is 8.18. The van der Waals surface area contributed by atoms with E-state index in [0.717, 1.165) is 5.56 Å². The minimum atomic E-state index is -4.27. The highest BCUT2D eigenvalue weighted by Gasteiger charge is 2.49. The number of Topliss-reactive ketones (excluding diaryl/α,β-unsaturated/α-hetero) is 2. The summed E-state index contributed by atoms with van der Waals surface area (Å²) in [7, 11) is -4.27. The summed E-state index contributed by atoms with van der Waals surface area (Å²) >= 11 is 13.3. The molecule has 0 radical (unpaired) electrons. The van der Waals surface area contributed by atoms with Crippen molar-refractivity contribution in [2.45, 2.75) is 77.5 Å². The van der Waals surface area contributed by atoms with Gasteiger partial charge in [-0.15, -0.1) is 0 Å². The minimum absolute atomic E-state index is 0.0662. The van der Waals surface area contributed by atoms with Crippen molar-refractivity contribution in [2.24, 2.45) is 10.8 Å². The first-order valence-corrected chi connectivity index (χ1v) is 16.6. The van der Waals surface area contributed by atoms with Gasteiger partial charge in [0.25, 0.3) is 0 Å². The minimum Gasteiger partial charge on any atom is -0.481 e. The zero-order valence-electron chi connectivity index (χ0n) is 25.3. The first-order chi connectivity index (χ1) is 20.4. The van der Waals surface area contributed by atoms with Crippen molar-refractivity contribution in [3.63, 3.8) is 0 Å². The van der Waals surface area contributed by atoms with E-state index < -0.39 is 22.0 Å². The maximum atomic E-state index is 13.9. The van der Waals surface area contributed by atoms with E-state index in [1.165, 1.54) is 24.3 Å². The molecule has 5 rings (SSSR count). The first-order valence-electron chi connectivity index (χ1n) is 14.4. The Morgan fingerprint density at radius 2 is 1.39 bits per heavy atom.